The maximum atomic E-state index is 14.0. The number of aryl methyl sites for hydroxylation is 1. The Hall–Kier alpha value is -3.85. The normalized spacial score (nSPS) is 11.9. The van der Waals surface area contributed by atoms with Crippen LogP contribution in [0.1, 0.15) is 31.4 Å². The highest BCUT2D eigenvalue weighted by molar-refractivity contribution is 7.92. The SMILES string of the molecule is CCNC(=O)C(CC)N(CCc1ccccc1)C(=O)CN(c1cccc(OC)c1)S(=O)(=O)c1ccc(C)cc1. The summed E-state index contributed by atoms with van der Waals surface area (Å²) in [5, 5.41) is 2.81. The molecule has 0 bridgehead atoms. The van der Waals surface area contributed by atoms with Crippen molar-refractivity contribution in [2.24, 2.45) is 0 Å². The van der Waals surface area contributed by atoms with Crippen molar-refractivity contribution in [2.45, 2.75) is 44.6 Å². The van der Waals surface area contributed by atoms with Crippen molar-refractivity contribution in [2.75, 3.05) is 31.0 Å². The molecule has 3 rings (SSSR count). The maximum absolute atomic E-state index is 14.0. The third-order valence-electron chi connectivity index (χ3n) is 6.45. The molecule has 3 aromatic rings. The molecule has 9 heteroatoms. The molecule has 8 nitrogen and oxygen atoms in total. The van der Waals surface area contributed by atoms with Gasteiger partial charge in [0.15, 0.2) is 0 Å². The number of hydrogen-bond donors (Lipinski definition) is 1. The van der Waals surface area contributed by atoms with Crippen LogP contribution in [0, 0.1) is 6.92 Å². The Labute approximate surface area is 231 Å². The molecule has 0 aliphatic heterocycles. The lowest BCUT2D eigenvalue weighted by molar-refractivity contribution is -0.139. The second-order valence-electron chi connectivity index (χ2n) is 9.17. The first-order chi connectivity index (χ1) is 18.7. The van der Waals surface area contributed by atoms with Crippen LogP contribution in [0.3, 0.4) is 0 Å². The zero-order valence-corrected chi connectivity index (χ0v) is 23.8. The van der Waals surface area contributed by atoms with E-state index in [1.165, 1.54) is 24.1 Å². The van der Waals surface area contributed by atoms with E-state index in [2.05, 4.69) is 5.32 Å². The van der Waals surface area contributed by atoms with E-state index in [9.17, 15) is 18.0 Å². The smallest absolute Gasteiger partial charge is 0.264 e. The number of amides is 2. The van der Waals surface area contributed by atoms with Crippen molar-refractivity contribution in [1.29, 1.82) is 0 Å². The number of nitrogens with one attached hydrogen (secondary N) is 1. The monoisotopic (exact) mass is 551 g/mol. The molecule has 3 aromatic carbocycles. The molecule has 0 saturated carbocycles. The Bertz CT molecular complexity index is 1340. The van der Waals surface area contributed by atoms with Gasteiger partial charge in [0.25, 0.3) is 10.0 Å². The number of anilines is 1. The first-order valence-electron chi connectivity index (χ1n) is 13.1. The minimum atomic E-state index is -4.12. The highest BCUT2D eigenvalue weighted by Crippen LogP contribution is 2.27. The predicted molar refractivity (Wildman–Crippen MR) is 153 cm³/mol. The zero-order valence-electron chi connectivity index (χ0n) is 23.0. The van der Waals surface area contributed by atoms with Gasteiger partial charge >= 0.3 is 0 Å². The van der Waals surface area contributed by atoms with E-state index >= 15 is 0 Å². The van der Waals surface area contributed by atoms with Gasteiger partial charge in [0.2, 0.25) is 11.8 Å². The highest BCUT2D eigenvalue weighted by atomic mass is 32.2. The van der Waals surface area contributed by atoms with Gasteiger partial charge in [0, 0.05) is 19.2 Å². The van der Waals surface area contributed by atoms with E-state index in [-0.39, 0.29) is 23.0 Å². The molecule has 1 unspecified atom stereocenters. The molecular weight excluding hydrogens is 514 g/mol. The summed E-state index contributed by atoms with van der Waals surface area (Å²) in [5.74, 6) is -0.281. The molecule has 2 amide bonds. The summed E-state index contributed by atoms with van der Waals surface area (Å²) in [5.41, 5.74) is 2.22. The van der Waals surface area contributed by atoms with Gasteiger partial charge in [0.1, 0.15) is 18.3 Å². The van der Waals surface area contributed by atoms with Crippen LogP contribution in [-0.2, 0) is 26.0 Å². The van der Waals surface area contributed by atoms with Crippen molar-refractivity contribution >= 4 is 27.5 Å². The first kappa shape index (κ1) is 29.7. The number of likely N-dealkylation sites (N-methyl/N-ethyl adjacent to an activating group) is 1. The lowest BCUT2D eigenvalue weighted by Gasteiger charge is -2.33. The molecular formula is C30H37N3O5S. The molecule has 0 aromatic heterocycles. The average Bonchev–Trinajstić information content (AvgIpc) is 2.94. The van der Waals surface area contributed by atoms with E-state index in [0.717, 1.165) is 15.4 Å². The van der Waals surface area contributed by atoms with Crippen LogP contribution < -0.4 is 14.4 Å². The molecule has 0 heterocycles. The van der Waals surface area contributed by atoms with Gasteiger partial charge in [-0.2, -0.15) is 0 Å². The van der Waals surface area contributed by atoms with Crippen molar-refractivity contribution < 1.29 is 22.7 Å². The standard InChI is InChI=1S/C30H37N3O5S/c1-5-28(30(35)31-6-2)32(20-19-24-11-8-7-9-12-24)29(34)22-33(25-13-10-14-26(21-25)38-4)39(36,37)27-17-15-23(3)16-18-27/h7-18,21,28H,5-6,19-20,22H2,1-4H3,(H,31,35). The van der Waals surface area contributed by atoms with Crippen LogP contribution in [0.25, 0.3) is 0 Å². The van der Waals surface area contributed by atoms with Gasteiger partial charge < -0.3 is 15.0 Å². The minimum absolute atomic E-state index is 0.0651. The number of benzene rings is 3. The number of carbonyl (C=O) groups excluding carboxylic acids is 2. The number of hydrogen-bond acceptors (Lipinski definition) is 5. The van der Waals surface area contributed by atoms with Crippen molar-refractivity contribution in [3.63, 3.8) is 0 Å². The number of rotatable bonds is 13. The summed E-state index contributed by atoms with van der Waals surface area (Å²) in [6.45, 7) is 5.73. The molecule has 1 N–H and O–H groups in total. The van der Waals surface area contributed by atoms with E-state index in [1.54, 1.807) is 36.4 Å². The van der Waals surface area contributed by atoms with E-state index in [1.807, 2.05) is 51.1 Å². The number of carbonyl (C=O) groups is 2. The Morgan fingerprint density at radius 3 is 2.26 bits per heavy atom. The lowest BCUT2D eigenvalue weighted by Crippen LogP contribution is -2.53. The van der Waals surface area contributed by atoms with Crippen LogP contribution >= 0.6 is 0 Å². The van der Waals surface area contributed by atoms with Crippen LogP contribution in [-0.4, -0.2) is 57.9 Å². The topological polar surface area (TPSA) is 96.0 Å². The fraction of sp³-hybridized carbons (Fsp3) is 0.333. The summed E-state index contributed by atoms with van der Waals surface area (Å²) in [6.07, 6.45) is 0.905. The third kappa shape index (κ3) is 7.60. The molecule has 0 spiro atoms. The van der Waals surface area contributed by atoms with Gasteiger partial charge in [-0.3, -0.25) is 13.9 Å². The second kappa shape index (κ2) is 13.8. The quantitative estimate of drug-likeness (QED) is 0.344. The van der Waals surface area contributed by atoms with Crippen LogP contribution in [0.15, 0.2) is 83.8 Å². The zero-order chi connectivity index (χ0) is 28.4. The van der Waals surface area contributed by atoms with Crippen LogP contribution in [0.4, 0.5) is 5.69 Å². The highest BCUT2D eigenvalue weighted by Gasteiger charge is 2.33. The van der Waals surface area contributed by atoms with Crippen LogP contribution in [0.2, 0.25) is 0 Å². The minimum Gasteiger partial charge on any atom is -0.497 e. The molecule has 0 fully saturated rings. The predicted octanol–water partition coefficient (Wildman–Crippen LogP) is 4.18. The van der Waals surface area contributed by atoms with E-state index in [4.69, 9.17) is 4.74 Å². The van der Waals surface area contributed by atoms with Crippen LogP contribution in [0.5, 0.6) is 5.75 Å². The van der Waals surface area contributed by atoms with Gasteiger partial charge in [0.05, 0.1) is 17.7 Å². The summed E-state index contributed by atoms with van der Waals surface area (Å²) >= 11 is 0. The van der Waals surface area contributed by atoms with E-state index < -0.39 is 28.5 Å². The number of methoxy groups -OCH3 is 1. The summed E-state index contributed by atoms with van der Waals surface area (Å²) in [4.78, 5) is 28.5. The summed E-state index contributed by atoms with van der Waals surface area (Å²) in [6, 6.07) is 22.0. The third-order valence-corrected chi connectivity index (χ3v) is 8.24. The molecule has 1 atom stereocenters. The second-order valence-corrected chi connectivity index (χ2v) is 11.0. The van der Waals surface area contributed by atoms with Gasteiger partial charge in [-0.25, -0.2) is 8.42 Å². The lowest BCUT2D eigenvalue weighted by atomic mass is 10.1. The number of nitrogens with zero attached hydrogens (tertiary/aromatic N) is 2. The molecule has 0 saturated heterocycles. The molecule has 0 radical (unpaired) electrons. The van der Waals surface area contributed by atoms with Crippen molar-refractivity contribution in [1.82, 2.24) is 10.2 Å². The van der Waals surface area contributed by atoms with E-state index in [0.29, 0.717) is 25.1 Å². The largest absolute Gasteiger partial charge is 0.497 e. The van der Waals surface area contributed by atoms with Gasteiger partial charge in [-0.05, 0) is 56.5 Å². The van der Waals surface area contributed by atoms with Crippen molar-refractivity contribution in [3.05, 3.63) is 90.0 Å². The molecule has 0 aliphatic carbocycles. The molecule has 0 aliphatic rings. The Morgan fingerprint density at radius 2 is 1.64 bits per heavy atom. The van der Waals surface area contributed by atoms with Gasteiger partial charge in [-0.1, -0.05) is 61.0 Å². The fourth-order valence-electron chi connectivity index (χ4n) is 4.32. The maximum Gasteiger partial charge on any atom is 0.264 e. The Kier molecular flexibility index (Phi) is 10.5. The van der Waals surface area contributed by atoms with Gasteiger partial charge in [-0.15, -0.1) is 0 Å². The molecule has 208 valence electrons. The van der Waals surface area contributed by atoms with Crippen molar-refractivity contribution in [3.8, 4) is 5.75 Å². The summed E-state index contributed by atoms with van der Waals surface area (Å²) < 4.78 is 34.2. The molecule has 39 heavy (non-hydrogen) atoms. The Balaban J connectivity index is 2.02. The summed E-state index contributed by atoms with van der Waals surface area (Å²) in [7, 11) is -2.63. The Morgan fingerprint density at radius 1 is 0.949 bits per heavy atom. The fourth-order valence-corrected chi connectivity index (χ4v) is 5.73. The first-order valence-corrected chi connectivity index (χ1v) is 14.5. The average molecular weight is 552 g/mol. The number of ether oxygens (including phenoxy) is 1. The number of sulfonamides is 1.